The normalized spacial score (nSPS) is 22.9. The van der Waals surface area contributed by atoms with Crippen LogP contribution in [0.1, 0.15) is 24.4 Å². The smallest absolute Gasteiger partial charge is 0.0320 e. The molecule has 1 aromatic rings. The summed E-state index contributed by atoms with van der Waals surface area (Å²) in [5, 5.41) is 3.48. The van der Waals surface area contributed by atoms with Crippen molar-refractivity contribution < 1.29 is 0 Å². The molecule has 0 aliphatic carbocycles. The van der Waals surface area contributed by atoms with Crippen LogP contribution in [0.2, 0.25) is 0 Å². The van der Waals surface area contributed by atoms with Gasteiger partial charge in [0.15, 0.2) is 0 Å². The van der Waals surface area contributed by atoms with Gasteiger partial charge in [0.2, 0.25) is 0 Å². The summed E-state index contributed by atoms with van der Waals surface area (Å²) in [6.45, 7) is 1.17. The quantitative estimate of drug-likeness (QED) is 0.776. The first kappa shape index (κ1) is 8.27. The minimum Gasteiger partial charge on any atom is -0.310 e. The second kappa shape index (κ2) is 3.58. The van der Waals surface area contributed by atoms with Crippen LogP contribution in [0.3, 0.4) is 0 Å². The number of hydrogen-bond acceptors (Lipinski definition) is 1. The molecule has 0 bridgehead atoms. The lowest BCUT2D eigenvalue weighted by Crippen LogP contribution is -2.12. The van der Waals surface area contributed by atoms with Gasteiger partial charge in [-0.1, -0.05) is 28.1 Å². The number of nitrogens with one attached hydrogen (secondary N) is 1. The molecule has 2 heteroatoms. The third-order valence-corrected chi connectivity index (χ3v) is 2.86. The van der Waals surface area contributed by atoms with Crippen LogP contribution in [-0.2, 0) is 0 Å². The van der Waals surface area contributed by atoms with Crippen LogP contribution in [0.25, 0.3) is 0 Å². The van der Waals surface area contributed by atoms with Crippen molar-refractivity contribution in [1.82, 2.24) is 5.32 Å². The summed E-state index contributed by atoms with van der Waals surface area (Å²) in [7, 11) is 0. The molecule has 0 aromatic heterocycles. The number of benzene rings is 1. The molecule has 0 spiro atoms. The Bertz CT molecular complexity index is 249. The summed E-state index contributed by atoms with van der Waals surface area (Å²) in [6, 6.07) is 9.18. The van der Waals surface area contributed by atoms with Gasteiger partial charge in [-0.25, -0.2) is 0 Å². The lowest BCUT2D eigenvalue weighted by atomic mass is 10.1. The van der Waals surface area contributed by atoms with Crippen LogP contribution in [0.4, 0.5) is 0 Å². The third-order valence-electron chi connectivity index (χ3n) is 2.33. The van der Waals surface area contributed by atoms with Crippen molar-refractivity contribution in [3.8, 4) is 0 Å². The molecule has 1 aromatic carbocycles. The number of hydrogen-bond donors (Lipinski definition) is 1. The molecule has 0 amide bonds. The van der Waals surface area contributed by atoms with Crippen LogP contribution in [0.15, 0.2) is 28.7 Å². The van der Waals surface area contributed by atoms with Crippen molar-refractivity contribution in [2.75, 3.05) is 6.54 Å². The van der Waals surface area contributed by atoms with E-state index in [-0.39, 0.29) is 0 Å². The van der Waals surface area contributed by atoms with E-state index in [1.54, 1.807) is 0 Å². The van der Waals surface area contributed by atoms with E-state index in [1.807, 2.05) is 0 Å². The summed E-state index contributed by atoms with van der Waals surface area (Å²) >= 11 is 3.43. The van der Waals surface area contributed by atoms with Crippen molar-refractivity contribution in [2.24, 2.45) is 0 Å². The molecule has 2 rings (SSSR count). The molecule has 0 radical (unpaired) electrons. The van der Waals surface area contributed by atoms with E-state index in [2.05, 4.69) is 45.5 Å². The van der Waals surface area contributed by atoms with Gasteiger partial charge in [-0.05, 0) is 37.1 Å². The van der Waals surface area contributed by atoms with E-state index in [1.165, 1.54) is 24.9 Å². The Morgan fingerprint density at radius 1 is 1.25 bits per heavy atom. The fraction of sp³-hybridized carbons (Fsp3) is 0.400. The van der Waals surface area contributed by atoms with Gasteiger partial charge in [0.05, 0.1) is 0 Å². The Balaban J connectivity index is 2.17. The largest absolute Gasteiger partial charge is 0.310 e. The molecule has 1 atom stereocenters. The van der Waals surface area contributed by atoms with Crippen LogP contribution < -0.4 is 5.32 Å². The first-order chi connectivity index (χ1) is 5.86. The molecule has 1 nitrogen and oxygen atoms in total. The monoisotopic (exact) mass is 225 g/mol. The topological polar surface area (TPSA) is 12.0 Å². The van der Waals surface area contributed by atoms with Crippen LogP contribution in [0.5, 0.6) is 0 Å². The Kier molecular flexibility index (Phi) is 2.47. The number of rotatable bonds is 1. The van der Waals surface area contributed by atoms with E-state index in [0.29, 0.717) is 6.04 Å². The SMILES string of the molecule is Brc1ccc([C@@H]2CCCN2)cc1. The molecule has 1 fully saturated rings. The van der Waals surface area contributed by atoms with Gasteiger partial charge in [-0.2, -0.15) is 0 Å². The Morgan fingerprint density at radius 2 is 2.00 bits per heavy atom. The van der Waals surface area contributed by atoms with Crippen molar-refractivity contribution in [2.45, 2.75) is 18.9 Å². The zero-order chi connectivity index (χ0) is 8.39. The first-order valence-electron chi connectivity index (χ1n) is 4.35. The molecule has 0 saturated carbocycles. The summed E-state index contributed by atoms with van der Waals surface area (Å²) in [6.07, 6.45) is 2.59. The molecule has 64 valence electrons. The number of halogens is 1. The fourth-order valence-electron chi connectivity index (χ4n) is 1.66. The highest BCUT2D eigenvalue weighted by atomic mass is 79.9. The Hall–Kier alpha value is -0.340. The van der Waals surface area contributed by atoms with Gasteiger partial charge in [0.1, 0.15) is 0 Å². The molecule has 1 N–H and O–H groups in total. The van der Waals surface area contributed by atoms with Gasteiger partial charge in [0.25, 0.3) is 0 Å². The highest BCUT2D eigenvalue weighted by Crippen LogP contribution is 2.23. The molecular weight excluding hydrogens is 214 g/mol. The van der Waals surface area contributed by atoms with Crippen molar-refractivity contribution in [1.29, 1.82) is 0 Å². The summed E-state index contributed by atoms with van der Waals surface area (Å²) in [5.74, 6) is 0. The maximum Gasteiger partial charge on any atom is 0.0320 e. The molecule has 1 aliphatic rings. The van der Waals surface area contributed by atoms with Crippen molar-refractivity contribution in [3.05, 3.63) is 34.3 Å². The third kappa shape index (κ3) is 1.70. The summed E-state index contributed by atoms with van der Waals surface area (Å²) in [4.78, 5) is 0. The lowest BCUT2D eigenvalue weighted by molar-refractivity contribution is 0.648. The van der Waals surface area contributed by atoms with Crippen LogP contribution >= 0.6 is 15.9 Å². The minimum absolute atomic E-state index is 0.595. The van der Waals surface area contributed by atoms with Crippen LogP contribution in [0, 0.1) is 0 Å². The average Bonchev–Trinajstić information content (AvgIpc) is 2.58. The molecule has 12 heavy (non-hydrogen) atoms. The van der Waals surface area contributed by atoms with Gasteiger partial charge in [-0.15, -0.1) is 0 Å². The van der Waals surface area contributed by atoms with E-state index >= 15 is 0 Å². The zero-order valence-corrected chi connectivity index (χ0v) is 8.47. The van der Waals surface area contributed by atoms with Gasteiger partial charge < -0.3 is 5.32 Å². The second-order valence-electron chi connectivity index (χ2n) is 3.20. The van der Waals surface area contributed by atoms with Crippen molar-refractivity contribution in [3.63, 3.8) is 0 Å². The molecular formula is C10H12BrN. The molecule has 1 heterocycles. The maximum atomic E-state index is 3.48. The van der Waals surface area contributed by atoms with Gasteiger partial charge in [0, 0.05) is 10.5 Å². The van der Waals surface area contributed by atoms with Crippen molar-refractivity contribution >= 4 is 15.9 Å². The maximum absolute atomic E-state index is 3.48. The zero-order valence-electron chi connectivity index (χ0n) is 6.89. The van der Waals surface area contributed by atoms with E-state index in [4.69, 9.17) is 0 Å². The van der Waals surface area contributed by atoms with E-state index in [9.17, 15) is 0 Å². The summed E-state index contributed by atoms with van der Waals surface area (Å²) in [5.41, 5.74) is 1.41. The van der Waals surface area contributed by atoms with E-state index in [0.717, 1.165) is 4.47 Å². The average molecular weight is 226 g/mol. The summed E-state index contributed by atoms with van der Waals surface area (Å²) < 4.78 is 1.16. The van der Waals surface area contributed by atoms with Crippen LogP contribution in [-0.4, -0.2) is 6.54 Å². The predicted molar refractivity (Wildman–Crippen MR) is 54.1 cm³/mol. The van der Waals surface area contributed by atoms with Gasteiger partial charge in [-0.3, -0.25) is 0 Å². The Labute approximate surface area is 81.3 Å². The highest BCUT2D eigenvalue weighted by Gasteiger charge is 2.15. The predicted octanol–water partition coefficient (Wildman–Crippen LogP) is 2.87. The second-order valence-corrected chi connectivity index (χ2v) is 4.12. The standard InChI is InChI=1S/C10H12BrN/c11-9-5-3-8(4-6-9)10-2-1-7-12-10/h3-6,10,12H,1-2,7H2/t10-/m0/s1. The Morgan fingerprint density at radius 3 is 2.58 bits per heavy atom. The molecule has 1 aliphatic heterocycles. The van der Waals surface area contributed by atoms with Gasteiger partial charge >= 0.3 is 0 Å². The lowest BCUT2D eigenvalue weighted by Gasteiger charge is -2.09. The fourth-order valence-corrected chi connectivity index (χ4v) is 1.93. The minimum atomic E-state index is 0.595. The highest BCUT2D eigenvalue weighted by molar-refractivity contribution is 9.10. The molecule has 1 saturated heterocycles. The first-order valence-corrected chi connectivity index (χ1v) is 5.14. The van der Waals surface area contributed by atoms with E-state index < -0.39 is 0 Å². The molecule has 0 unspecified atom stereocenters.